The van der Waals surface area contributed by atoms with Crippen LogP contribution in [0.4, 0.5) is 0 Å². The first-order valence-electron chi connectivity index (χ1n) is 3.65. The fourth-order valence-electron chi connectivity index (χ4n) is 0.788. The highest BCUT2D eigenvalue weighted by atomic mass is 35.5. The Bertz CT molecular complexity index is 374. The highest BCUT2D eigenvalue weighted by Gasteiger charge is 1.90. The van der Waals surface area contributed by atoms with Gasteiger partial charge in [-0.3, -0.25) is 4.79 Å². The first-order valence-corrected chi connectivity index (χ1v) is 4.02. The molecule has 0 bridgehead atoms. The van der Waals surface area contributed by atoms with E-state index in [1.54, 1.807) is 24.3 Å². The lowest BCUT2D eigenvalue weighted by Crippen LogP contribution is -1.90. The van der Waals surface area contributed by atoms with Crippen molar-refractivity contribution in [2.24, 2.45) is 0 Å². The van der Waals surface area contributed by atoms with Crippen LogP contribution in [-0.2, 0) is 4.79 Å². The van der Waals surface area contributed by atoms with Crippen molar-refractivity contribution in [2.75, 3.05) is 0 Å². The van der Waals surface area contributed by atoms with Crippen molar-refractivity contribution in [3.8, 4) is 11.8 Å². The van der Waals surface area contributed by atoms with Crippen molar-refractivity contribution in [2.45, 2.75) is 6.42 Å². The third-order valence-electron chi connectivity index (χ3n) is 1.30. The molecule has 0 atom stereocenters. The summed E-state index contributed by atoms with van der Waals surface area (Å²) < 4.78 is 0. The van der Waals surface area contributed by atoms with Gasteiger partial charge in [-0.2, -0.15) is 0 Å². The molecule has 1 N–H and O–H groups in total. The minimum Gasteiger partial charge on any atom is -0.481 e. The van der Waals surface area contributed by atoms with E-state index in [-0.39, 0.29) is 6.42 Å². The molecule has 0 fully saturated rings. The van der Waals surface area contributed by atoms with Crippen LogP contribution in [0.2, 0.25) is 5.02 Å². The zero-order chi connectivity index (χ0) is 9.68. The number of benzene rings is 1. The summed E-state index contributed by atoms with van der Waals surface area (Å²) in [5.41, 5.74) is 0.730. The van der Waals surface area contributed by atoms with Gasteiger partial charge in [-0.05, 0) is 18.2 Å². The second-order valence-electron chi connectivity index (χ2n) is 2.38. The number of carbonyl (C=O) groups is 1. The van der Waals surface area contributed by atoms with Crippen molar-refractivity contribution in [3.05, 3.63) is 34.9 Å². The van der Waals surface area contributed by atoms with E-state index >= 15 is 0 Å². The van der Waals surface area contributed by atoms with Crippen molar-refractivity contribution in [3.63, 3.8) is 0 Å². The van der Waals surface area contributed by atoms with Crippen LogP contribution in [0, 0.1) is 11.8 Å². The molecule has 0 saturated heterocycles. The van der Waals surface area contributed by atoms with Crippen LogP contribution < -0.4 is 0 Å². The Kier molecular flexibility index (Phi) is 3.36. The standard InChI is InChI=1S/C10H7ClO2/c11-9-5-1-3-8(7-9)4-2-6-10(12)13/h1,3,5,7H,6H2,(H,12,13). The van der Waals surface area contributed by atoms with Crippen LogP contribution >= 0.6 is 11.6 Å². The summed E-state index contributed by atoms with van der Waals surface area (Å²) in [4.78, 5) is 10.1. The maximum atomic E-state index is 10.1. The molecule has 2 nitrogen and oxygen atoms in total. The predicted octanol–water partition coefficient (Wildman–Crippen LogP) is 2.17. The maximum Gasteiger partial charge on any atom is 0.315 e. The summed E-state index contributed by atoms with van der Waals surface area (Å²) in [5.74, 6) is 4.30. The van der Waals surface area contributed by atoms with Crippen molar-refractivity contribution >= 4 is 17.6 Å². The van der Waals surface area contributed by atoms with E-state index < -0.39 is 5.97 Å². The quantitative estimate of drug-likeness (QED) is 0.696. The number of halogens is 1. The van der Waals surface area contributed by atoms with Gasteiger partial charge in [-0.1, -0.05) is 29.5 Å². The second kappa shape index (κ2) is 4.54. The molecule has 0 spiro atoms. The largest absolute Gasteiger partial charge is 0.481 e. The van der Waals surface area contributed by atoms with E-state index in [4.69, 9.17) is 16.7 Å². The molecule has 0 amide bonds. The first kappa shape index (κ1) is 9.63. The summed E-state index contributed by atoms with van der Waals surface area (Å²) in [5, 5.41) is 8.92. The SMILES string of the molecule is O=C(O)CC#Cc1cccc(Cl)c1. The minimum absolute atomic E-state index is 0.146. The van der Waals surface area contributed by atoms with Gasteiger partial charge in [0.05, 0.1) is 0 Å². The second-order valence-corrected chi connectivity index (χ2v) is 2.82. The monoisotopic (exact) mass is 194 g/mol. The first-order chi connectivity index (χ1) is 6.18. The molecule has 0 radical (unpaired) electrons. The highest BCUT2D eigenvalue weighted by molar-refractivity contribution is 6.30. The maximum absolute atomic E-state index is 10.1. The van der Waals surface area contributed by atoms with Crippen molar-refractivity contribution in [1.29, 1.82) is 0 Å². The normalized spacial score (nSPS) is 8.69. The van der Waals surface area contributed by atoms with Gasteiger partial charge >= 0.3 is 5.97 Å². The van der Waals surface area contributed by atoms with Crippen LogP contribution in [0.3, 0.4) is 0 Å². The van der Waals surface area contributed by atoms with Gasteiger partial charge in [0.1, 0.15) is 6.42 Å². The molecule has 0 aliphatic rings. The third-order valence-corrected chi connectivity index (χ3v) is 1.53. The summed E-state index contributed by atoms with van der Waals surface area (Å²) in [7, 11) is 0. The Morgan fingerprint density at radius 3 is 2.92 bits per heavy atom. The molecule has 3 heteroatoms. The van der Waals surface area contributed by atoms with Gasteiger partial charge in [0, 0.05) is 10.6 Å². The van der Waals surface area contributed by atoms with Crippen LogP contribution in [0.15, 0.2) is 24.3 Å². The minimum atomic E-state index is -0.922. The van der Waals surface area contributed by atoms with E-state index in [1.165, 1.54) is 0 Å². The lowest BCUT2D eigenvalue weighted by molar-refractivity contribution is -0.135. The number of hydrogen-bond donors (Lipinski definition) is 1. The summed E-state index contributed by atoms with van der Waals surface area (Å²) in [6, 6.07) is 6.98. The van der Waals surface area contributed by atoms with Crippen LogP contribution in [-0.4, -0.2) is 11.1 Å². The molecule has 1 aromatic rings. The van der Waals surface area contributed by atoms with E-state index in [0.29, 0.717) is 5.02 Å². The van der Waals surface area contributed by atoms with Crippen molar-refractivity contribution < 1.29 is 9.90 Å². The molecule has 0 saturated carbocycles. The van der Waals surface area contributed by atoms with Crippen molar-refractivity contribution in [1.82, 2.24) is 0 Å². The van der Waals surface area contributed by atoms with Crippen LogP contribution in [0.1, 0.15) is 12.0 Å². The van der Waals surface area contributed by atoms with Crippen LogP contribution in [0.25, 0.3) is 0 Å². The van der Waals surface area contributed by atoms with Gasteiger partial charge in [-0.15, -0.1) is 0 Å². The van der Waals surface area contributed by atoms with Gasteiger partial charge < -0.3 is 5.11 Å². The molecule has 1 aromatic carbocycles. The Hall–Kier alpha value is -1.46. The Labute approximate surface area is 81.1 Å². The van der Waals surface area contributed by atoms with Gasteiger partial charge in [0.2, 0.25) is 0 Å². The van der Waals surface area contributed by atoms with E-state index in [1.807, 2.05) is 0 Å². The number of carboxylic acids is 1. The van der Waals surface area contributed by atoms with E-state index in [9.17, 15) is 4.79 Å². The fraction of sp³-hybridized carbons (Fsp3) is 0.100. The zero-order valence-corrected chi connectivity index (χ0v) is 7.51. The smallest absolute Gasteiger partial charge is 0.315 e. The molecule has 13 heavy (non-hydrogen) atoms. The average Bonchev–Trinajstić information content (AvgIpc) is 2.03. The lowest BCUT2D eigenvalue weighted by atomic mass is 10.2. The van der Waals surface area contributed by atoms with Gasteiger partial charge in [-0.25, -0.2) is 0 Å². The summed E-state index contributed by atoms with van der Waals surface area (Å²) in [6.07, 6.45) is -0.146. The lowest BCUT2D eigenvalue weighted by Gasteiger charge is -1.89. The number of carboxylic acid groups (broad SMARTS) is 1. The molecule has 66 valence electrons. The average molecular weight is 195 g/mol. The predicted molar refractivity (Wildman–Crippen MR) is 50.6 cm³/mol. The molecule has 1 rings (SSSR count). The number of rotatable bonds is 1. The Morgan fingerprint density at radius 2 is 2.31 bits per heavy atom. The molecule has 0 aromatic heterocycles. The van der Waals surface area contributed by atoms with E-state index in [2.05, 4.69) is 11.8 Å². The van der Waals surface area contributed by atoms with E-state index in [0.717, 1.165) is 5.56 Å². The molecule has 0 aliphatic heterocycles. The van der Waals surface area contributed by atoms with Gasteiger partial charge in [0.15, 0.2) is 0 Å². The molecular formula is C10H7ClO2. The van der Waals surface area contributed by atoms with Crippen LogP contribution in [0.5, 0.6) is 0 Å². The Morgan fingerprint density at radius 1 is 1.54 bits per heavy atom. The highest BCUT2D eigenvalue weighted by Crippen LogP contribution is 2.09. The number of aliphatic carboxylic acids is 1. The number of hydrogen-bond acceptors (Lipinski definition) is 1. The summed E-state index contributed by atoms with van der Waals surface area (Å²) >= 11 is 5.70. The summed E-state index contributed by atoms with van der Waals surface area (Å²) in [6.45, 7) is 0. The zero-order valence-electron chi connectivity index (χ0n) is 6.75. The topological polar surface area (TPSA) is 37.3 Å². The third kappa shape index (κ3) is 3.64. The fourth-order valence-corrected chi connectivity index (χ4v) is 0.978. The molecule has 0 aliphatic carbocycles. The Balaban J connectivity index is 2.72. The van der Waals surface area contributed by atoms with Gasteiger partial charge in [0.25, 0.3) is 0 Å². The molecule has 0 heterocycles. The molecular weight excluding hydrogens is 188 g/mol. The molecule has 0 unspecified atom stereocenters.